The van der Waals surface area contributed by atoms with Gasteiger partial charge in [-0.1, -0.05) is 133 Å². The third kappa shape index (κ3) is 6.48. The molecule has 4 heteroatoms. The predicted molar refractivity (Wildman–Crippen MR) is 235 cm³/mol. The summed E-state index contributed by atoms with van der Waals surface area (Å²) in [6.07, 6.45) is 12.4. The quantitative estimate of drug-likeness (QED) is 0.149. The van der Waals surface area contributed by atoms with Gasteiger partial charge < -0.3 is 9.13 Å². The van der Waals surface area contributed by atoms with E-state index in [4.69, 9.17) is 9.97 Å². The molecule has 4 heterocycles. The lowest BCUT2D eigenvalue weighted by Gasteiger charge is -2.08. The number of hydrogen-bond acceptors (Lipinski definition) is 2. The Bertz CT molecular complexity index is 2860. The largest absolute Gasteiger partial charge is 0.336 e. The fourth-order valence-corrected chi connectivity index (χ4v) is 7.99. The molecule has 0 aliphatic rings. The number of benzene rings is 6. The van der Waals surface area contributed by atoms with Crippen molar-refractivity contribution < 1.29 is 0 Å². The zero-order chi connectivity index (χ0) is 37.3. The van der Waals surface area contributed by atoms with Crippen LogP contribution in [-0.2, 0) is 13.1 Å². The first-order chi connectivity index (χ1) is 27.7. The summed E-state index contributed by atoms with van der Waals surface area (Å²) in [6, 6.07) is 60.6. The van der Waals surface area contributed by atoms with Gasteiger partial charge in [-0.05, 0) is 94.0 Å². The second-order valence-corrected chi connectivity index (χ2v) is 14.3. The number of fused-ring (bicyclic) bond motifs is 6. The van der Waals surface area contributed by atoms with Crippen LogP contribution in [0.2, 0.25) is 0 Å². The summed E-state index contributed by atoms with van der Waals surface area (Å²) in [5, 5.41) is 5.06. The highest BCUT2D eigenvalue weighted by atomic mass is 15.0. The molecule has 0 fully saturated rings. The summed E-state index contributed by atoms with van der Waals surface area (Å²) in [5.41, 5.74) is 13.7. The molecule has 0 spiro atoms. The highest BCUT2D eigenvalue weighted by molar-refractivity contribution is 6.10. The predicted octanol–water partition coefficient (Wildman–Crippen LogP) is 12.8. The van der Waals surface area contributed by atoms with Crippen LogP contribution in [0.5, 0.6) is 0 Å². The molecule has 4 nitrogen and oxygen atoms in total. The Balaban J connectivity index is 0.899. The van der Waals surface area contributed by atoms with Gasteiger partial charge in [-0.3, -0.25) is 9.97 Å². The molecule has 0 bridgehead atoms. The molecule has 6 aromatic carbocycles. The lowest BCUT2D eigenvalue weighted by atomic mass is 10.1. The van der Waals surface area contributed by atoms with E-state index in [-0.39, 0.29) is 0 Å². The molecular formula is C52H38N4. The van der Waals surface area contributed by atoms with Crippen LogP contribution in [0, 0.1) is 0 Å². The van der Waals surface area contributed by atoms with Gasteiger partial charge in [0.05, 0.1) is 11.4 Å². The average Bonchev–Trinajstić information content (AvgIpc) is 3.74. The molecule has 0 unspecified atom stereocenters. The van der Waals surface area contributed by atoms with Crippen LogP contribution < -0.4 is 0 Å². The molecule has 0 saturated carbocycles. The van der Waals surface area contributed by atoms with Gasteiger partial charge in [0.2, 0.25) is 0 Å². The second kappa shape index (κ2) is 14.5. The van der Waals surface area contributed by atoms with Crippen LogP contribution in [0.15, 0.2) is 182 Å². The van der Waals surface area contributed by atoms with E-state index in [0.29, 0.717) is 0 Å². The molecule has 266 valence electrons. The molecule has 56 heavy (non-hydrogen) atoms. The monoisotopic (exact) mass is 718 g/mol. The van der Waals surface area contributed by atoms with Crippen molar-refractivity contribution >= 4 is 67.9 Å². The molecular weight excluding hydrogens is 681 g/mol. The normalized spacial score (nSPS) is 11.9. The van der Waals surface area contributed by atoms with Gasteiger partial charge in [-0.25, -0.2) is 0 Å². The summed E-state index contributed by atoms with van der Waals surface area (Å²) in [4.78, 5) is 9.41. The number of para-hydroxylation sites is 2. The van der Waals surface area contributed by atoms with Crippen molar-refractivity contribution in [2.75, 3.05) is 0 Å². The van der Waals surface area contributed by atoms with Crippen LogP contribution in [0.1, 0.15) is 33.4 Å². The minimum Gasteiger partial charge on any atom is -0.336 e. The maximum absolute atomic E-state index is 4.71. The molecule has 0 saturated heterocycles. The molecule has 0 amide bonds. The molecule has 0 radical (unpaired) electrons. The Kier molecular flexibility index (Phi) is 8.62. The van der Waals surface area contributed by atoms with Crippen molar-refractivity contribution in [3.63, 3.8) is 0 Å². The van der Waals surface area contributed by atoms with E-state index >= 15 is 0 Å². The third-order valence-corrected chi connectivity index (χ3v) is 10.7. The van der Waals surface area contributed by atoms with Gasteiger partial charge in [0.15, 0.2) is 0 Å². The number of pyridine rings is 2. The van der Waals surface area contributed by atoms with E-state index in [1.807, 2.05) is 24.5 Å². The molecule has 10 rings (SSSR count). The Labute approximate surface area is 326 Å². The standard InChI is InChI=1S/C52H38N4/c1-3-11-41(12-4-1)35-55-49-17-9-7-15-43(49)45-31-37(23-25-51(45)55)19-21-39-27-29-53-47(33-39)48-34-40(28-30-54-48)22-20-38-24-26-52-46(32-38)44-16-8-10-18-50(44)56(52)36-42-13-5-2-6-14-42/h1-34H,35-36H2. The summed E-state index contributed by atoms with van der Waals surface area (Å²) in [5.74, 6) is 0. The van der Waals surface area contributed by atoms with Crippen LogP contribution in [0.4, 0.5) is 0 Å². The number of nitrogens with zero attached hydrogens (tertiary/aromatic N) is 4. The smallest absolute Gasteiger partial charge is 0.0892 e. The Morgan fingerprint density at radius 2 is 0.714 bits per heavy atom. The van der Waals surface area contributed by atoms with Crippen molar-refractivity contribution in [3.05, 3.63) is 216 Å². The summed E-state index contributed by atoms with van der Waals surface area (Å²) >= 11 is 0. The van der Waals surface area contributed by atoms with Gasteiger partial charge in [-0.15, -0.1) is 0 Å². The lowest BCUT2D eigenvalue weighted by molar-refractivity contribution is 0.869. The Morgan fingerprint density at radius 3 is 1.16 bits per heavy atom. The maximum atomic E-state index is 4.71. The van der Waals surface area contributed by atoms with Gasteiger partial charge in [0.1, 0.15) is 0 Å². The zero-order valence-electron chi connectivity index (χ0n) is 30.8. The van der Waals surface area contributed by atoms with Crippen molar-refractivity contribution in [2.24, 2.45) is 0 Å². The van der Waals surface area contributed by atoms with E-state index in [1.165, 1.54) is 54.7 Å². The molecule has 0 aliphatic carbocycles. The maximum Gasteiger partial charge on any atom is 0.0892 e. The molecule has 4 aromatic heterocycles. The Morgan fingerprint density at radius 1 is 0.339 bits per heavy atom. The number of aromatic nitrogens is 4. The Hall–Kier alpha value is -7.30. The van der Waals surface area contributed by atoms with Crippen LogP contribution in [0.25, 0.3) is 79.3 Å². The fourth-order valence-electron chi connectivity index (χ4n) is 7.99. The first kappa shape index (κ1) is 33.3. The molecule has 0 N–H and O–H groups in total. The lowest BCUT2D eigenvalue weighted by Crippen LogP contribution is -1.98. The minimum atomic E-state index is 0.836. The molecule has 0 aliphatic heterocycles. The second-order valence-electron chi connectivity index (χ2n) is 14.3. The van der Waals surface area contributed by atoms with Gasteiger partial charge in [0.25, 0.3) is 0 Å². The van der Waals surface area contributed by atoms with Crippen molar-refractivity contribution in [2.45, 2.75) is 13.1 Å². The summed E-state index contributed by atoms with van der Waals surface area (Å²) in [6.45, 7) is 1.67. The van der Waals surface area contributed by atoms with Crippen LogP contribution >= 0.6 is 0 Å². The van der Waals surface area contributed by atoms with E-state index in [2.05, 4.69) is 191 Å². The molecule has 0 atom stereocenters. The minimum absolute atomic E-state index is 0.836. The van der Waals surface area contributed by atoms with Crippen molar-refractivity contribution in [1.29, 1.82) is 0 Å². The average molecular weight is 719 g/mol. The van der Waals surface area contributed by atoms with Gasteiger partial charge in [-0.2, -0.15) is 0 Å². The third-order valence-electron chi connectivity index (χ3n) is 10.7. The first-order valence-corrected chi connectivity index (χ1v) is 19.1. The number of rotatable bonds is 9. The summed E-state index contributed by atoms with van der Waals surface area (Å²) < 4.78 is 4.84. The zero-order valence-corrected chi connectivity index (χ0v) is 30.8. The van der Waals surface area contributed by atoms with Crippen LogP contribution in [-0.4, -0.2) is 19.1 Å². The number of hydrogen-bond donors (Lipinski definition) is 0. The van der Waals surface area contributed by atoms with E-state index in [1.54, 1.807) is 0 Å². The van der Waals surface area contributed by atoms with Gasteiger partial charge in [0, 0.05) is 69.1 Å². The van der Waals surface area contributed by atoms with E-state index in [0.717, 1.165) is 46.7 Å². The van der Waals surface area contributed by atoms with Gasteiger partial charge >= 0.3 is 0 Å². The van der Waals surface area contributed by atoms with Crippen molar-refractivity contribution in [1.82, 2.24) is 19.1 Å². The first-order valence-electron chi connectivity index (χ1n) is 19.1. The van der Waals surface area contributed by atoms with E-state index in [9.17, 15) is 0 Å². The van der Waals surface area contributed by atoms with Crippen molar-refractivity contribution in [3.8, 4) is 11.4 Å². The SMILES string of the molecule is C(=Cc1ccc2c(c1)c1ccccc1n2Cc1ccccc1)c1ccnc(-c2cc(C=Cc3ccc4c(c3)c3ccccc3n4Cc3ccccc3)ccn2)c1. The highest BCUT2D eigenvalue weighted by Gasteiger charge is 2.13. The topological polar surface area (TPSA) is 35.6 Å². The van der Waals surface area contributed by atoms with Crippen LogP contribution in [0.3, 0.4) is 0 Å². The highest BCUT2D eigenvalue weighted by Crippen LogP contribution is 2.33. The van der Waals surface area contributed by atoms with E-state index < -0.39 is 0 Å². The fraction of sp³-hybridized carbons (Fsp3) is 0.0385. The summed E-state index contributed by atoms with van der Waals surface area (Å²) in [7, 11) is 0. The molecule has 10 aromatic rings.